The molecule has 1 heterocycles. The zero-order chi connectivity index (χ0) is 13.9. The summed E-state index contributed by atoms with van der Waals surface area (Å²) in [5, 5.41) is 1.04. The fourth-order valence-corrected chi connectivity index (χ4v) is 3.13. The third kappa shape index (κ3) is 2.60. The molecule has 100 valence electrons. The maximum Gasteiger partial charge on any atom is 0.139 e. The molecule has 0 radical (unpaired) electrons. The quantitative estimate of drug-likeness (QED) is 0.734. The molecule has 0 aliphatic rings. The molecule has 20 heavy (non-hydrogen) atoms. The van der Waals surface area contributed by atoms with Crippen LogP contribution in [0.4, 0.5) is 4.39 Å². The van der Waals surface area contributed by atoms with Gasteiger partial charge in [-0.1, -0.05) is 36.4 Å². The van der Waals surface area contributed by atoms with Gasteiger partial charge in [-0.15, -0.1) is 0 Å². The van der Waals surface area contributed by atoms with E-state index >= 15 is 0 Å². The van der Waals surface area contributed by atoms with Gasteiger partial charge in [0.05, 0.1) is 32.7 Å². The van der Waals surface area contributed by atoms with E-state index in [0.29, 0.717) is 5.69 Å². The van der Waals surface area contributed by atoms with Crippen LogP contribution in [0.3, 0.4) is 0 Å². The van der Waals surface area contributed by atoms with Crippen molar-refractivity contribution in [2.75, 3.05) is 0 Å². The van der Waals surface area contributed by atoms with Gasteiger partial charge in [0.1, 0.15) is 5.82 Å². The van der Waals surface area contributed by atoms with Crippen LogP contribution in [0.2, 0.25) is 0 Å². The summed E-state index contributed by atoms with van der Waals surface area (Å²) in [6, 6.07) is 17.7. The van der Waals surface area contributed by atoms with E-state index < -0.39 is 16.6 Å². The molecule has 0 amide bonds. The summed E-state index contributed by atoms with van der Waals surface area (Å²) in [6.07, 6.45) is 0. The van der Waals surface area contributed by atoms with Gasteiger partial charge in [-0.25, -0.2) is 4.39 Å². The molecule has 2 aromatic carbocycles. The van der Waals surface area contributed by atoms with E-state index in [4.69, 9.17) is 0 Å². The van der Waals surface area contributed by atoms with Gasteiger partial charge >= 0.3 is 0 Å². The Labute approximate surface area is 118 Å². The van der Waals surface area contributed by atoms with Crippen molar-refractivity contribution in [3.8, 4) is 0 Å². The average Bonchev–Trinajstić information content (AvgIpc) is 2.47. The van der Waals surface area contributed by atoms with Crippen molar-refractivity contribution in [3.63, 3.8) is 0 Å². The number of benzene rings is 2. The number of fused-ring (bicyclic) bond motifs is 1. The predicted octanol–water partition coefficient (Wildman–Crippen LogP) is 3.68. The number of hydrogen-bond acceptors (Lipinski definition) is 2. The topological polar surface area (TPSA) is 30.0 Å². The second-order valence-electron chi connectivity index (χ2n) is 4.42. The van der Waals surface area contributed by atoms with Crippen molar-refractivity contribution in [1.29, 1.82) is 0 Å². The number of rotatable bonds is 3. The Kier molecular flexibility index (Phi) is 3.56. The maximum atomic E-state index is 13.6. The van der Waals surface area contributed by atoms with Crippen molar-refractivity contribution in [3.05, 3.63) is 72.2 Å². The van der Waals surface area contributed by atoms with Crippen LogP contribution in [0.25, 0.3) is 10.9 Å². The lowest BCUT2D eigenvalue weighted by molar-refractivity contribution is 0.595. The molecule has 3 aromatic rings. The number of aromatic nitrogens is 1. The summed E-state index contributed by atoms with van der Waals surface area (Å²) in [5.74, 6) is -0.224. The Hall–Kier alpha value is -2.07. The molecule has 0 fully saturated rings. The number of halogens is 1. The summed E-state index contributed by atoms with van der Waals surface area (Å²) in [6.45, 7) is 0. The maximum absolute atomic E-state index is 13.6. The lowest BCUT2D eigenvalue weighted by Gasteiger charge is -2.04. The van der Waals surface area contributed by atoms with Crippen molar-refractivity contribution in [1.82, 2.24) is 4.98 Å². The highest BCUT2D eigenvalue weighted by Crippen LogP contribution is 2.17. The minimum atomic E-state index is -1.43. The lowest BCUT2D eigenvalue weighted by atomic mass is 10.2. The van der Waals surface area contributed by atoms with E-state index in [9.17, 15) is 8.60 Å². The Morgan fingerprint density at radius 2 is 1.70 bits per heavy atom. The number of hydrogen-bond donors (Lipinski definition) is 0. The third-order valence-corrected chi connectivity index (χ3v) is 4.40. The molecular formula is C16H12FNOS. The summed E-state index contributed by atoms with van der Waals surface area (Å²) >= 11 is 0. The molecule has 3 rings (SSSR count). The fourth-order valence-electron chi connectivity index (χ4n) is 2.03. The van der Waals surface area contributed by atoms with Crippen molar-refractivity contribution in [2.45, 2.75) is 10.6 Å². The molecule has 0 spiro atoms. The summed E-state index contributed by atoms with van der Waals surface area (Å²) in [5.41, 5.74) is 1.56. The number of nitrogens with zero attached hydrogens (tertiary/aromatic N) is 1. The first kappa shape index (κ1) is 12.9. The first-order valence-corrected chi connectivity index (χ1v) is 7.53. The second-order valence-corrected chi connectivity index (χ2v) is 5.84. The first-order valence-electron chi connectivity index (χ1n) is 6.21. The van der Waals surface area contributed by atoms with Crippen LogP contribution in [-0.2, 0) is 16.6 Å². The van der Waals surface area contributed by atoms with Crippen LogP contribution in [0.1, 0.15) is 5.69 Å². The van der Waals surface area contributed by atoms with Crippen molar-refractivity contribution in [2.24, 2.45) is 0 Å². The molecule has 4 heteroatoms. The van der Waals surface area contributed by atoms with Crippen LogP contribution < -0.4 is 0 Å². The average molecular weight is 285 g/mol. The molecule has 1 atom stereocenters. The summed E-state index contributed by atoms with van der Waals surface area (Å²) < 4.78 is 25.8. The molecule has 1 aromatic heterocycles. The van der Waals surface area contributed by atoms with Gasteiger partial charge in [0.25, 0.3) is 0 Å². The molecule has 0 bridgehead atoms. The smallest absolute Gasteiger partial charge is 0.139 e. The standard InChI is InChI=1S/C16H12FNOS/c17-14-6-2-4-8-16(14)20(19)11-13-10-9-12-5-1-3-7-15(12)18-13/h1-10H,11H2. The van der Waals surface area contributed by atoms with Crippen LogP contribution in [-0.4, -0.2) is 9.19 Å². The highest BCUT2D eigenvalue weighted by molar-refractivity contribution is 7.84. The van der Waals surface area contributed by atoms with Gasteiger partial charge in [0.2, 0.25) is 0 Å². The molecule has 0 aliphatic heterocycles. The summed E-state index contributed by atoms with van der Waals surface area (Å²) in [7, 11) is -1.43. The zero-order valence-corrected chi connectivity index (χ0v) is 11.4. The molecule has 0 aliphatic carbocycles. The summed E-state index contributed by atoms with van der Waals surface area (Å²) in [4.78, 5) is 4.68. The zero-order valence-electron chi connectivity index (χ0n) is 10.6. The van der Waals surface area contributed by atoms with E-state index in [2.05, 4.69) is 4.98 Å². The molecule has 0 N–H and O–H groups in total. The number of para-hydroxylation sites is 1. The Morgan fingerprint density at radius 3 is 2.55 bits per heavy atom. The van der Waals surface area contributed by atoms with Gasteiger partial charge in [-0.2, -0.15) is 0 Å². The van der Waals surface area contributed by atoms with Gasteiger partial charge in [0.15, 0.2) is 0 Å². The second kappa shape index (κ2) is 5.51. The van der Waals surface area contributed by atoms with Gasteiger partial charge in [-0.05, 0) is 24.3 Å². The van der Waals surface area contributed by atoms with E-state index in [1.807, 2.05) is 36.4 Å². The van der Waals surface area contributed by atoms with E-state index in [-0.39, 0.29) is 10.6 Å². The van der Waals surface area contributed by atoms with Crippen molar-refractivity contribution >= 4 is 21.7 Å². The van der Waals surface area contributed by atoms with Crippen LogP contribution >= 0.6 is 0 Å². The van der Waals surface area contributed by atoms with Crippen LogP contribution in [0.15, 0.2) is 65.6 Å². The van der Waals surface area contributed by atoms with Gasteiger partial charge in [0, 0.05) is 5.39 Å². The van der Waals surface area contributed by atoms with E-state index in [1.54, 1.807) is 18.2 Å². The largest absolute Gasteiger partial charge is 0.254 e. The minimum absolute atomic E-state index is 0.214. The highest BCUT2D eigenvalue weighted by Gasteiger charge is 2.11. The SMILES string of the molecule is O=S(Cc1ccc2ccccc2n1)c1ccccc1F. The normalized spacial score (nSPS) is 12.4. The Bertz CT molecular complexity index is 788. The van der Waals surface area contributed by atoms with Crippen LogP contribution in [0, 0.1) is 5.82 Å². The lowest BCUT2D eigenvalue weighted by Crippen LogP contribution is -2.01. The highest BCUT2D eigenvalue weighted by atomic mass is 32.2. The van der Waals surface area contributed by atoms with Crippen molar-refractivity contribution < 1.29 is 8.60 Å². The van der Waals surface area contributed by atoms with Crippen LogP contribution in [0.5, 0.6) is 0 Å². The molecular weight excluding hydrogens is 273 g/mol. The number of pyridine rings is 1. The monoisotopic (exact) mass is 285 g/mol. The van der Waals surface area contributed by atoms with Gasteiger partial charge < -0.3 is 0 Å². The third-order valence-electron chi connectivity index (χ3n) is 3.02. The fraction of sp³-hybridized carbons (Fsp3) is 0.0625. The van der Waals surface area contributed by atoms with E-state index in [1.165, 1.54) is 6.07 Å². The minimum Gasteiger partial charge on any atom is -0.254 e. The predicted molar refractivity (Wildman–Crippen MR) is 78.3 cm³/mol. The van der Waals surface area contributed by atoms with Gasteiger partial charge in [-0.3, -0.25) is 9.19 Å². The Balaban J connectivity index is 1.89. The van der Waals surface area contributed by atoms with E-state index in [0.717, 1.165) is 10.9 Å². The molecule has 0 saturated carbocycles. The Morgan fingerprint density at radius 1 is 0.950 bits per heavy atom. The molecule has 0 saturated heterocycles. The molecule has 1 unspecified atom stereocenters. The molecule has 2 nitrogen and oxygen atoms in total. The first-order chi connectivity index (χ1) is 9.74.